The monoisotopic (exact) mass is 288 g/mol. The molecule has 1 aliphatic rings. The molecule has 1 heterocycles. The molecule has 1 rings (SSSR count). The first-order valence-corrected chi connectivity index (χ1v) is 6.39. The largest absolute Gasteiger partial charge is 0.388 e. The third kappa shape index (κ3) is 4.40. The van der Waals surface area contributed by atoms with E-state index in [2.05, 4.69) is 0 Å². The van der Waals surface area contributed by atoms with Gasteiger partial charge in [0, 0.05) is 6.42 Å². The average Bonchev–Trinajstić information content (AvgIpc) is 2.38. The van der Waals surface area contributed by atoms with Gasteiger partial charge in [-0.3, -0.25) is 10.1 Å². The van der Waals surface area contributed by atoms with Gasteiger partial charge in [0.05, 0.1) is 12.2 Å². The number of ether oxygens (including phenoxy) is 2. The van der Waals surface area contributed by atoms with Crippen LogP contribution in [-0.2, 0) is 14.3 Å². The zero-order valence-corrected chi connectivity index (χ0v) is 11.4. The number of nitrogens with one attached hydrogen (secondary N) is 1. The van der Waals surface area contributed by atoms with Crippen molar-refractivity contribution in [1.82, 2.24) is 5.32 Å². The van der Waals surface area contributed by atoms with Crippen LogP contribution >= 0.6 is 0 Å². The van der Waals surface area contributed by atoms with Crippen molar-refractivity contribution in [1.29, 1.82) is 5.26 Å². The van der Waals surface area contributed by atoms with Crippen LogP contribution in [0.1, 0.15) is 26.7 Å². The number of carbonyl (C=O) groups excluding carboxylic acids is 1. The summed E-state index contributed by atoms with van der Waals surface area (Å²) in [5.41, 5.74) is 0. The molecule has 0 bridgehead atoms. The summed E-state index contributed by atoms with van der Waals surface area (Å²) >= 11 is 0. The lowest BCUT2D eigenvalue weighted by atomic mass is 9.96. The Morgan fingerprint density at radius 3 is 2.55 bits per heavy atom. The number of carbonyl (C=O) groups is 1. The minimum atomic E-state index is -1.42. The van der Waals surface area contributed by atoms with E-state index in [1.54, 1.807) is 13.8 Å². The van der Waals surface area contributed by atoms with E-state index in [1.165, 1.54) is 6.19 Å². The molecule has 0 aromatic carbocycles. The Morgan fingerprint density at radius 2 is 2.00 bits per heavy atom. The minimum Gasteiger partial charge on any atom is -0.388 e. The third-order valence-corrected chi connectivity index (χ3v) is 2.93. The maximum Gasteiger partial charge on any atom is 0.233 e. The summed E-state index contributed by atoms with van der Waals surface area (Å²) in [6, 6.07) is 0. The van der Waals surface area contributed by atoms with Crippen LogP contribution in [0.5, 0.6) is 0 Å². The molecular formula is C12H20N2O6. The van der Waals surface area contributed by atoms with E-state index in [0.29, 0.717) is 0 Å². The third-order valence-electron chi connectivity index (χ3n) is 2.93. The summed E-state index contributed by atoms with van der Waals surface area (Å²) in [5.74, 6) is -0.509. The highest BCUT2D eigenvalue weighted by Gasteiger charge is 2.44. The molecule has 1 saturated heterocycles. The predicted octanol–water partition coefficient (Wildman–Crippen LogP) is -1.40. The van der Waals surface area contributed by atoms with Gasteiger partial charge in [0.25, 0.3) is 0 Å². The molecule has 114 valence electrons. The molecule has 0 unspecified atom stereocenters. The quantitative estimate of drug-likeness (QED) is 0.361. The SMILES string of the molecule is CC(C)O[C@H]1O[C@H](CCC(=O)NC#N)[C@@H](O)[C@H](O)[C@@H]1O. The molecule has 0 radical (unpaired) electrons. The second-order valence-corrected chi connectivity index (χ2v) is 4.90. The Labute approximate surface area is 116 Å². The van der Waals surface area contributed by atoms with Gasteiger partial charge in [-0.2, -0.15) is 5.26 Å². The van der Waals surface area contributed by atoms with E-state index in [9.17, 15) is 20.1 Å². The van der Waals surface area contributed by atoms with Gasteiger partial charge in [-0.1, -0.05) is 0 Å². The van der Waals surface area contributed by atoms with Gasteiger partial charge in [-0.25, -0.2) is 0 Å². The molecule has 1 amide bonds. The number of hydrogen-bond donors (Lipinski definition) is 4. The van der Waals surface area contributed by atoms with E-state index in [0.717, 1.165) is 0 Å². The van der Waals surface area contributed by atoms with Gasteiger partial charge in [-0.15, -0.1) is 0 Å². The Bertz CT molecular complexity index is 369. The number of aliphatic hydroxyl groups is 3. The number of rotatable bonds is 5. The van der Waals surface area contributed by atoms with Gasteiger partial charge in [-0.05, 0) is 20.3 Å². The van der Waals surface area contributed by atoms with Gasteiger partial charge in [0.1, 0.15) is 18.3 Å². The summed E-state index contributed by atoms with van der Waals surface area (Å²) in [6.07, 6.45) is -4.73. The summed E-state index contributed by atoms with van der Waals surface area (Å²) in [5, 5.41) is 39.6. The molecule has 0 saturated carbocycles. The van der Waals surface area contributed by atoms with Crippen molar-refractivity contribution >= 4 is 5.91 Å². The maximum atomic E-state index is 11.2. The maximum absolute atomic E-state index is 11.2. The highest BCUT2D eigenvalue weighted by Crippen LogP contribution is 2.25. The summed E-state index contributed by atoms with van der Waals surface area (Å²) in [7, 11) is 0. The number of nitrogens with zero attached hydrogens (tertiary/aromatic N) is 1. The normalized spacial score (nSPS) is 33.8. The molecule has 5 atom stereocenters. The molecule has 0 spiro atoms. The van der Waals surface area contributed by atoms with E-state index in [1.807, 2.05) is 5.32 Å². The van der Waals surface area contributed by atoms with E-state index >= 15 is 0 Å². The van der Waals surface area contributed by atoms with Crippen LogP contribution in [0.3, 0.4) is 0 Å². The Morgan fingerprint density at radius 1 is 1.35 bits per heavy atom. The molecule has 1 fully saturated rings. The fourth-order valence-corrected chi connectivity index (χ4v) is 1.93. The first-order chi connectivity index (χ1) is 9.36. The Balaban J connectivity index is 2.61. The van der Waals surface area contributed by atoms with Gasteiger partial charge < -0.3 is 24.8 Å². The second kappa shape index (κ2) is 7.52. The van der Waals surface area contributed by atoms with Crippen molar-refractivity contribution in [3.05, 3.63) is 0 Å². The summed E-state index contributed by atoms with van der Waals surface area (Å²) in [6.45, 7) is 3.48. The van der Waals surface area contributed by atoms with Crippen LogP contribution in [0.4, 0.5) is 0 Å². The molecule has 0 aromatic heterocycles. The standard InChI is InChI=1S/C12H20N2O6/c1-6(2)19-12-11(18)10(17)9(16)7(20-12)3-4-8(15)14-5-13/h6-7,9-12,16-18H,3-4H2,1-2H3,(H,14,15)/t7-,9-,10+,11+,12+/m1/s1. The highest BCUT2D eigenvalue weighted by molar-refractivity contribution is 5.77. The summed E-state index contributed by atoms with van der Waals surface area (Å²) in [4.78, 5) is 11.2. The molecule has 4 N–H and O–H groups in total. The predicted molar refractivity (Wildman–Crippen MR) is 65.9 cm³/mol. The van der Waals surface area contributed by atoms with Crippen LogP contribution in [-0.4, -0.2) is 58.0 Å². The topological polar surface area (TPSA) is 132 Å². The first kappa shape index (κ1) is 16.8. The van der Waals surface area contributed by atoms with E-state index in [4.69, 9.17) is 14.7 Å². The zero-order chi connectivity index (χ0) is 15.3. The Hall–Kier alpha value is -1.24. The van der Waals surface area contributed by atoms with Gasteiger partial charge in [0.15, 0.2) is 12.5 Å². The molecule has 8 nitrogen and oxygen atoms in total. The fourth-order valence-electron chi connectivity index (χ4n) is 1.93. The fraction of sp³-hybridized carbons (Fsp3) is 0.833. The van der Waals surface area contributed by atoms with Crippen LogP contribution in [0, 0.1) is 11.5 Å². The average molecular weight is 288 g/mol. The number of amides is 1. The number of nitriles is 1. The van der Waals surface area contributed by atoms with Crippen molar-refractivity contribution in [3.63, 3.8) is 0 Å². The minimum absolute atomic E-state index is 0.0491. The number of hydrogen-bond acceptors (Lipinski definition) is 7. The van der Waals surface area contributed by atoms with Gasteiger partial charge >= 0.3 is 0 Å². The molecule has 20 heavy (non-hydrogen) atoms. The zero-order valence-electron chi connectivity index (χ0n) is 11.4. The van der Waals surface area contributed by atoms with Crippen molar-refractivity contribution in [3.8, 4) is 6.19 Å². The molecular weight excluding hydrogens is 268 g/mol. The smallest absolute Gasteiger partial charge is 0.233 e. The van der Waals surface area contributed by atoms with E-state index in [-0.39, 0.29) is 18.9 Å². The molecule has 0 aliphatic carbocycles. The lowest BCUT2D eigenvalue weighted by Crippen LogP contribution is -2.58. The molecule has 8 heteroatoms. The van der Waals surface area contributed by atoms with Crippen molar-refractivity contribution in [2.75, 3.05) is 0 Å². The first-order valence-electron chi connectivity index (χ1n) is 6.39. The van der Waals surface area contributed by atoms with Crippen molar-refractivity contribution in [2.24, 2.45) is 0 Å². The molecule has 1 aliphatic heterocycles. The van der Waals surface area contributed by atoms with Crippen molar-refractivity contribution < 1.29 is 29.6 Å². The number of aliphatic hydroxyl groups excluding tert-OH is 3. The van der Waals surface area contributed by atoms with Crippen LogP contribution in [0.25, 0.3) is 0 Å². The van der Waals surface area contributed by atoms with E-state index < -0.39 is 36.6 Å². The Kier molecular flexibility index (Phi) is 6.32. The van der Waals surface area contributed by atoms with Crippen LogP contribution in [0.15, 0.2) is 0 Å². The van der Waals surface area contributed by atoms with Crippen molar-refractivity contribution in [2.45, 2.75) is 63.5 Å². The van der Waals surface area contributed by atoms with Gasteiger partial charge in [0.2, 0.25) is 5.91 Å². The van der Waals surface area contributed by atoms with Crippen LogP contribution < -0.4 is 5.32 Å². The highest BCUT2D eigenvalue weighted by atomic mass is 16.7. The van der Waals surface area contributed by atoms with Crippen LogP contribution in [0.2, 0.25) is 0 Å². The second-order valence-electron chi connectivity index (χ2n) is 4.90. The summed E-state index contributed by atoms with van der Waals surface area (Å²) < 4.78 is 10.7. The lowest BCUT2D eigenvalue weighted by Gasteiger charge is -2.40. The lowest BCUT2D eigenvalue weighted by molar-refractivity contribution is -0.305. The molecule has 0 aromatic rings.